The van der Waals surface area contributed by atoms with E-state index in [9.17, 15) is 9.59 Å². The molecule has 28 heavy (non-hydrogen) atoms. The monoisotopic (exact) mass is 386 g/mol. The quantitative estimate of drug-likeness (QED) is 0.705. The number of nitrogens with zero attached hydrogens (tertiary/aromatic N) is 2. The topological polar surface area (TPSA) is 94.5 Å². The van der Waals surface area contributed by atoms with E-state index in [1.165, 1.54) is 5.56 Å². The summed E-state index contributed by atoms with van der Waals surface area (Å²) in [6, 6.07) is 9.13. The maximum atomic E-state index is 12.6. The summed E-state index contributed by atoms with van der Waals surface area (Å²) >= 11 is 0. The summed E-state index contributed by atoms with van der Waals surface area (Å²) in [7, 11) is 1.65. The van der Waals surface area contributed by atoms with Gasteiger partial charge in [-0.25, -0.2) is 4.79 Å². The first-order valence-electron chi connectivity index (χ1n) is 9.78. The van der Waals surface area contributed by atoms with Gasteiger partial charge in [-0.1, -0.05) is 26.0 Å². The van der Waals surface area contributed by atoms with Gasteiger partial charge in [-0.05, 0) is 48.8 Å². The highest BCUT2D eigenvalue weighted by Gasteiger charge is 2.27. The third kappa shape index (κ3) is 6.15. The van der Waals surface area contributed by atoms with Gasteiger partial charge in [-0.15, -0.1) is 0 Å². The number of benzene rings is 1. The largest absolute Gasteiger partial charge is 0.497 e. The average Bonchev–Trinajstić information content (AvgIpc) is 2.71. The lowest BCUT2D eigenvalue weighted by molar-refractivity contribution is -0.123. The third-order valence-electron chi connectivity index (χ3n) is 5.03. The first-order chi connectivity index (χ1) is 13.4. The first-order valence-corrected chi connectivity index (χ1v) is 9.78. The molecule has 1 heterocycles. The molecule has 1 aliphatic rings. The third-order valence-corrected chi connectivity index (χ3v) is 5.03. The Hall–Kier alpha value is -2.75. The Labute approximate surface area is 167 Å². The van der Waals surface area contributed by atoms with Gasteiger partial charge in [-0.2, -0.15) is 5.26 Å². The minimum Gasteiger partial charge on any atom is -0.497 e. The molecule has 0 saturated carbocycles. The molecule has 2 rings (SSSR count). The number of amides is 3. The van der Waals surface area contributed by atoms with Crippen molar-refractivity contribution in [3.8, 4) is 11.8 Å². The Kier molecular flexibility index (Phi) is 8.12. The summed E-state index contributed by atoms with van der Waals surface area (Å²) < 4.78 is 5.20. The number of nitriles is 1. The zero-order valence-corrected chi connectivity index (χ0v) is 16.9. The van der Waals surface area contributed by atoms with E-state index >= 15 is 0 Å². The molecule has 1 atom stereocenters. The van der Waals surface area contributed by atoms with E-state index in [1.54, 1.807) is 12.0 Å². The summed E-state index contributed by atoms with van der Waals surface area (Å²) in [5.41, 5.74) is 1.26. The average molecular weight is 386 g/mol. The van der Waals surface area contributed by atoms with Crippen LogP contribution in [0.2, 0.25) is 0 Å². The Morgan fingerprint density at radius 3 is 2.43 bits per heavy atom. The molecule has 0 spiro atoms. The number of likely N-dealkylation sites (tertiary alicyclic amines) is 1. The predicted octanol–water partition coefficient (Wildman–Crippen LogP) is 2.64. The highest BCUT2D eigenvalue weighted by atomic mass is 16.5. The van der Waals surface area contributed by atoms with Crippen LogP contribution in [0.3, 0.4) is 0 Å². The number of hydrogen-bond donors (Lipinski definition) is 2. The van der Waals surface area contributed by atoms with Gasteiger partial charge >= 0.3 is 6.03 Å². The minimum atomic E-state index is -0.625. The summed E-state index contributed by atoms with van der Waals surface area (Å²) in [6.07, 6.45) is 2.30. The zero-order valence-electron chi connectivity index (χ0n) is 16.9. The van der Waals surface area contributed by atoms with E-state index in [0.717, 1.165) is 18.6 Å². The van der Waals surface area contributed by atoms with E-state index < -0.39 is 6.04 Å². The number of piperidine rings is 1. The van der Waals surface area contributed by atoms with Gasteiger partial charge in [-0.3, -0.25) is 4.79 Å². The lowest BCUT2D eigenvalue weighted by atomic mass is 9.89. The molecule has 0 aromatic heterocycles. The van der Waals surface area contributed by atoms with Crippen LogP contribution in [0.1, 0.15) is 44.6 Å². The molecular formula is C21H30N4O3. The molecule has 152 valence electrons. The standard InChI is InChI=1S/C21H30N4O3/c1-15(2)14-19(20(26)23-11-10-22)24-21(27)25-12-8-17(9-13-25)16-4-6-18(28-3)7-5-16/h4-7,15,17,19H,8-9,11-14H2,1-3H3,(H,23,26)(H,24,27). The van der Waals surface area contributed by atoms with E-state index in [-0.39, 0.29) is 24.4 Å². The van der Waals surface area contributed by atoms with Crippen molar-refractivity contribution in [3.05, 3.63) is 29.8 Å². The second kappa shape index (κ2) is 10.5. The smallest absolute Gasteiger partial charge is 0.318 e. The Morgan fingerprint density at radius 2 is 1.89 bits per heavy atom. The highest BCUT2D eigenvalue weighted by molar-refractivity contribution is 5.87. The normalized spacial score (nSPS) is 15.6. The lowest BCUT2D eigenvalue weighted by Crippen LogP contribution is -2.53. The predicted molar refractivity (Wildman–Crippen MR) is 107 cm³/mol. The van der Waals surface area contributed by atoms with Crippen molar-refractivity contribution in [1.29, 1.82) is 5.26 Å². The molecule has 7 heteroatoms. The number of hydrogen-bond acceptors (Lipinski definition) is 4. The number of methoxy groups -OCH3 is 1. The molecule has 0 bridgehead atoms. The number of ether oxygens (including phenoxy) is 1. The molecule has 2 N–H and O–H groups in total. The summed E-state index contributed by atoms with van der Waals surface area (Å²) in [6.45, 7) is 5.23. The van der Waals surface area contributed by atoms with Crippen LogP contribution in [0.5, 0.6) is 5.75 Å². The van der Waals surface area contributed by atoms with E-state index in [0.29, 0.717) is 25.4 Å². The van der Waals surface area contributed by atoms with Crippen molar-refractivity contribution >= 4 is 11.9 Å². The second-order valence-electron chi connectivity index (χ2n) is 7.54. The molecule has 1 aromatic carbocycles. The van der Waals surface area contributed by atoms with Crippen LogP contribution in [0.25, 0.3) is 0 Å². The molecule has 7 nitrogen and oxygen atoms in total. The van der Waals surface area contributed by atoms with Crippen molar-refractivity contribution < 1.29 is 14.3 Å². The van der Waals surface area contributed by atoms with Gasteiger partial charge in [0, 0.05) is 13.1 Å². The van der Waals surface area contributed by atoms with Crippen molar-refractivity contribution in [1.82, 2.24) is 15.5 Å². The number of rotatable bonds is 7. The fraction of sp³-hybridized carbons (Fsp3) is 0.571. The highest BCUT2D eigenvalue weighted by Crippen LogP contribution is 2.29. The number of carbonyl (C=O) groups excluding carboxylic acids is 2. The van der Waals surface area contributed by atoms with Crippen LogP contribution in [0.4, 0.5) is 4.79 Å². The molecule has 0 aliphatic carbocycles. The zero-order chi connectivity index (χ0) is 20.5. The SMILES string of the molecule is COc1ccc(C2CCN(C(=O)NC(CC(C)C)C(=O)NCC#N)CC2)cc1. The number of carbonyl (C=O) groups is 2. The van der Waals surface area contributed by atoms with Gasteiger partial charge in [0.05, 0.1) is 13.2 Å². The second-order valence-corrected chi connectivity index (χ2v) is 7.54. The molecule has 1 aliphatic heterocycles. The summed E-state index contributed by atoms with van der Waals surface area (Å²) in [5, 5.41) is 14.0. The molecule has 3 amide bonds. The molecule has 1 unspecified atom stereocenters. The van der Waals surface area contributed by atoms with Crippen LogP contribution >= 0.6 is 0 Å². The summed E-state index contributed by atoms with van der Waals surface area (Å²) in [5.74, 6) is 1.20. The maximum Gasteiger partial charge on any atom is 0.318 e. The van der Waals surface area contributed by atoms with E-state index in [1.807, 2.05) is 32.0 Å². The number of urea groups is 1. The Bertz CT molecular complexity index is 689. The van der Waals surface area contributed by atoms with E-state index in [2.05, 4.69) is 22.8 Å². The Balaban J connectivity index is 1.89. The number of nitrogens with one attached hydrogen (secondary N) is 2. The summed E-state index contributed by atoms with van der Waals surface area (Å²) in [4.78, 5) is 26.7. The van der Waals surface area contributed by atoms with Crippen molar-refractivity contribution in [2.45, 2.75) is 45.1 Å². The molecular weight excluding hydrogens is 356 g/mol. The van der Waals surface area contributed by atoms with Crippen LogP contribution in [-0.2, 0) is 4.79 Å². The van der Waals surface area contributed by atoms with Crippen LogP contribution in [0, 0.1) is 17.2 Å². The van der Waals surface area contributed by atoms with Crippen molar-refractivity contribution in [2.75, 3.05) is 26.7 Å². The van der Waals surface area contributed by atoms with Gasteiger partial charge in [0.15, 0.2) is 0 Å². The lowest BCUT2D eigenvalue weighted by Gasteiger charge is -2.33. The minimum absolute atomic E-state index is 0.0590. The van der Waals surface area contributed by atoms with Crippen molar-refractivity contribution in [3.63, 3.8) is 0 Å². The van der Waals surface area contributed by atoms with E-state index in [4.69, 9.17) is 10.00 Å². The van der Waals surface area contributed by atoms with Gasteiger partial charge < -0.3 is 20.3 Å². The van der Waals surface area contributed by atoms with Crippen LogP contribution in [0.15, 0.2) is 24.3 Å². The molecule has 0 radical (unpaired) electrons. The molecule has 1 aromatic rings. The fourth-order valence-corrected chi connectivity index (χ4v) is 3.49. The van der Waals surface area contributed by atoms with Gasteiger partial charge in [0.2, 0.25) is 5.91 Å². The van der Waals surface area contributed by atoms with Crippen molar-refractivity contribution in [2.24, 2.45) is 5.92 Å². The van der Waals surface area contributed by atoms with Crippen LogP contribution < -0.4 is 15.4 Å². The van der Waals surface area contributed by atoms with Gasteiger partial charge in [0.25, 0.3) is 0 Å². The fourth-order valence-electron chi connectivity index (χ4n) is 3.49. The molecule has 1 saturated heterocycles. The maximum absolute atomic E-state index is 12.6. The first kappa shape index (κ1) is 21.5. The Morgan fingerprint density at radius 1 is 1.25 bits per heavy atom. The van der Waals surface area contributed by atoms with Crippen LogP contribution in [-0.4, -0.2) is 49.6 Å². The molecule has 1 fully saturated rings. The van der Waals surface area contributed by atoms with Gasteiger partial charge in [0.1, 0.15) is 18.3 Å².